The molecule has 3 rings (SSSR count). The number of hydrogen-bond donors (Lipinski definition) is 1. The van der Waals surface area contributed by atoms with Crippen LogP contribution in [0.2, 0.25) is 0 Å². The van der Waals surface area contributed by atoms with Gasteiger partial charge in [-0.05, 0) is 86.9 Å². The molecule has 0 spiro atoms. The third-order valence-corrected chi connectivity index (χ3v) is 7.35. The van der Waals surface area contributed by atoms with E-state index in [1.54, 1.807) is 19.2 Å². The van der Waals surface area contributed by atoms with Gasteiger partial charge in [-0.2, -0.15) is 0 Å². The third-order valence-electron chi connectivity index (χ3n) is 7.35. The summed E-state index contributed by atoms with van der Waals surface area (Å²) >= 11 is 0. The van der Waals surface area contributed by atoms with Crippen LogP contribution in [0.3, 0.4) is 0 Å². The van der Waals surface area contributed by atoms with Crippen LogP contribution in [0.15, 0.2) is 18.2 Å². The van der Waals surface area contributed by atoms with Crippen LogP contribution in [0.1, 0.15) is 95.5 Å². The van der Waals surface area contributed by atoms with E-state index < -0.39 is 0 Å². The van der Waals surface area contributed by atoms with Crippen LogP contribution in [0.5, 0.6) is 5.75 Å². The highest BCUT2D eigenvalue weighted by Gasteiger charge is 2.31. The molecule has 2 aliphatic rings. The van der Waals surface area contributed by atoms with Gasteiger partial charge in [0.2, 0.25) is 0 Å². The molecule has 28 heavy (non-hydrogen) atoms. The second-order valence-corrected chi connectivity index (χ2v) is 9.22. The Balaban J connectivity index is 1.43. The standard InChI is InChI=1S/C25H40FNO/c1-3-4-5-6-19-7-9-20(10-8-19)21-11-13-22(14-12-21)23-15-16-25(24(26)17-23)28-18-27-2/h15-17,19-22,27H,3-14,18H2,1-2H3. The maximum absolute atomic E-state index is 14.3. The van der Waals surface area contributed by atoms with Crippen LogP contribution in [0.4, 0.5) is 4.39 Å². The van der Waals surface area contributed by atoms with Crippen LogP contribution < -0.4 is 10.1 Å². The first-order valence-corrected chi connectivity index (χ1v) is 11.8. The Hall–Kier alpha value is -1.09. The first kappa shape index (κ1) is 21.6. The summed E-state index contributed by atoms with van der Waals surface area (Å²) in [6.07, 6.45) is 16.6. The number of rotatable bonds is 9. The molecule has 158 valence electrons. The number of hydrogen-bond acceptors (Lipinski definition) is 2. The predicted molar refractivity (Wildman–Crippen MR) is 115 cm³/mol. The van der Waals surface area contributed by atoms with Gasteiger partial charge in [-0.3, -0.25) is 5.32 Å². The summed E-state index contributed by atoms with van der Waals surface area (Å²) in [5.74, 6) is 3.52. The summed E-state index contributed by atoms with van der Waals surface area (Å²) in [6.45, 7) is 2.63. The number of ether oxygens (including phenoxy) is 1. The van der Waals surface area contributed by atoms with Crippen molar-refractivity contribution in [3.05, 3.63) is 29.6 Å². The minimum atomic E-state index is -0.226. The van der Waals surface area contributed by atoms with E-state index in [1.807, 2.05) is 0 Å². The molecule has 2 nitrogen and oxygen atoms in total. The Morgan fingerprint density at radius 2 is 1.64 bits per heavy atom. The van der Waals surface area contributed by atoms with Crippen molar-refractivity contribution in [1.29, 1.82) is 0 Å². The van der Waals surface area contributed by atoms with Crippen molar-refractivity contribution < 1.29 is 9.13 Å². The van der Waals surface area contributed by atoms with Crippen molar-refractivity contribution in [2.45, 2.75) is 89.9 Å². The number of nitrogens with one attached hydrogen (secondary N) is 1. The molecule has 3 heteroatoms. The number of halogens is 1. The molecule has 1 aromatic carbocycles. The summed E-state index contributed by atoms with van der Waals surface area (Å²) in [5.41, 5.74) is 1.16. The van der Waals surface area contributed by atoms with Crippen molar-refractivity contribution in [2.24, 2.45) is 17.8 Å². The zero-order chi connectivity index (χ0) is 19.8. The largest absolute Gasteiger partial charge is 0.475 e. The number of benzene rings is 1. The molecule has 1 aromatic rings. The molecule has 0 saturated heterocycles. The highest BCUT2D eigenvalue weighted by molar-refractivity contribution is 5.31. The third kappa shape index (κ3) is 5.95. The highest BCUT2D eigenvalue weighted by Crippen LogP contribution is 2.44. The van der Waals surface area contributed by atoms with Crippen molar-refractivity contribution >= 4 is 0 Å². The molecule has 2 saturated carbocycles. The van der Waals surface area contributed by atoms with E-state index in [-0.39, 0.29) is 5.82 Å². The van der Waals surface area contributed by atoms with Crippen LogP contribution in [-0.2, 0) is 0 Å². The lowest BCUT2D eigenvalue weighted by Crippen LogP contribution is -2.25. The summed E-state index contributed by atoms with van der Waals surface area (Å²) in [7, 11) is 1.80. The van der Waals surface area contributed by atoms with Crippen LogP contribution in [0.25, 0.3) is 0 Å². The van der Waals surface area contributed by atoms with E-state index >= 15 is 0 Å². The van der Waals surface area contributed by atoms with Crippen molar-refractivity contribution in [2.75, 3.05) is 13.8 Å². The lowest BCUT2D eigenvalue weighted by Gasteiger charge is -2.38. The quantitative estimate of drug-likeness (QED) is 0.361. The minimum absolute atomic E-state index is 0.226. The van der Waals surface area contributed by atoms with Gasteiger partial charge >= 0.3 is 0 Å². The first-order chi connectivity index (χ1) is 13.7. The van der Waals surface area contributed by atoms with Gasteiger partial charge in [0.05, 0.1) is 0 Å². The van der Waals surface area contributed by atoms with Gasteiger partial charge in [0.1, 0.15) is 6.73 Å². The lowest BCUT2D eigenvalue weighted by molar-refractivity contribution is 0.155. The smallest absolute Gasteiger partial charge is 0.165 e. The van der Waals surface area contributed by atoms with Crippen molar-refractivity contribution in [3.8, 4) is 5.75 Å². The molecular formula is C25H40FNO. The summed E-state index contributed by atoms with van der Waals surface area (Å²) in [5, 5.41) is 2.88. The minimum Gasteiger partial charge on any atom is -0.475 e. The van der Waals surface area contributed by atoms with Gasteiger partial charge < -0.3 is 4.74 Å². The maximum atomic E-state index is 14.3. The molecule has 0 aromatic heterocycles. The van der Waals surface area contributed by atoms with E-state index in [1.165, 1.54) is 77.0 Å². The molecule has 0 heterocycles. The SMILES string of the molecule is CCCCCC1CCC(C2CCC(c3ccc(OCNC)c(F)c3)CC2)CC1. The van der Waals surface area contributed by atoms with Gasteiger partial charge in [-0.25, -0.2) is 4.39 Å². The van der Waals surface area contributed by atoms with Gasteiger partial charge in [-0.1, -0.05) is 51.5 Å². The zero-order valence-corrected chi connectivity index (χ0v) is 18.0. The molecule has 2 fully saturated rings. The molecule has 0 amide bonds. The van der Waals surface area contributed by atoms with Gasteiger partial charge in [0, 0.05) is 0 Å². The summed E-state index contributed by atoms with van der Waals surface area (Å²) in [6, 6.07) is 5.58. The fourth-order valence-corrected chi connectivity index (χ4v) is 5.59. The predicted octanol–water partition coefficient (Wildman–Crippen LogP) is 7.04. The second-order valence-electron chi connectivity index (χ2n) is 9.22. The highest BCUT2D eigenvalue weighted by atomic mass is 19.1. The maximum Gasteiger partial charge on any atom is 0.165 e. The Morgan fingerprint density at radius 1 is 0.964 bits per heavy atom. The molecule has 0 bridgehead atoms. The van der Waals surface area contributed by atoms with E-state index in [9.17, 15) is 4.39 Å². The normalized spacial score (nSPS) is 28.2. The van der Waals surface area contributed by atoms with Crippen LogP contribution in [0, 0.1) is 23.6 Å². The second kappa shape index (κ2) is 11.2. The van der Waals surface area contributed by atoms with E-state index in [2.05, 4.69) is 18.3 Å². The van der Waals surface area contributed by atoms with Gasteiger partial charge in [-0.15, -0.1) is 0 Å². The summed E-state index contributed by atoms with van der Waals surface area (Å²) in [4.78, 5) is 0. The average molecular weight is 390 g/mol. The fraction of sp³-hybridized carbons (Fsp3) is 0.760. The Morgan fingerprint density at radius 3 is 2.25 bits per heavy atom. The molecule has 1 N–H and O–H groups in total. The topological polar surface area (TPSA) is 21.3 Å². The van der Waals surface area contributed by atoms with Crippen LogP contribution >= 0.6 is 0 Å². The zero-order valence-electron chi connectivity index (χ0n) is 18.0. The van der Waals surface area contributed by atoms with E-state index in [0.717, 1.165) is 23.3 Å². The monoisotopic (exact) mass is 389 g/mol. The van der Waals surface area contributed by atoms with Crippen molar-refractivity contribution in [3.63, 3.8) is 0 Å². The Labute approximate surface area is 171 Å². The fourth-order valence-electron chi connectivity index (χ4n) is 5.59. The number of unbranched alkanes of at least 4 members (excludes halogenated alkanes) is 2. The van der Waals surface area contributed by atoms with E-state index in [0.29, 0.717) is 18.4 Å². The van der Waals surface area contributed by atoms with Crippen LogP contribution in [-0.4, -0.2) is 13.8 Å². The molecule has 0 radical (unpaired) electrons. The lowest BCUT2D eigenvalue weighted by atomic mass is 9.68. The first-order valence-electron chi connectivity index (χ1n) is 11.8. The summed E-state index contributed by atoms with van der Waals surface area (Å²) < 4.78 is 19.7. The molecular weight excluding hydrogens is 349 g/mol. The Kier molecular flexibility index (Phi) is 8.64. The van der Waals surface area contributed by atoms with Crippen molar-refractivity contribution in [1.82, 2.24) is 5.32 Å². The molecule has 0 unspecified atom stereocenters. The molecule has 0 aliphatic heterocycles. The Bertz CT molecular complexity index is 574. The van der Waals surface area contributed by atoms with E-state index in [4.69, 9.17) is 4.74 Å². The molecule has 0 atom stereocenters. The molecule has 2 aliphatic carbocycles. The van der Waals surface area contributed by atoms with Gasteiger partial charge in [0.15, 0.2) is 11.6 Å². The van der Waals surface area contributed by atoms with Gasteiger partial charge in [0.25, 0.3) is 0 Å². The average Bonchev–Trinajstić information content (AvgIpc) is 2.74.